The van der Waals surface area contributed by atoms with Gasteiger partial charge in [-0.15, -0.1) is 0 Å². The fourth-order valence-corrected chi connectivity index (χ4v) is 6.36. The Morgan fingerprint density at radius 1 is 0.811 bits per heavy atom. The summed E-state index contributed by atoms with van der Waals surface area (Å²) >= 11 is 0. The largest absolute Gasteiger partial charge is 0.460 e. The van der Waals surface area contributed by atoms with Gasteiger partial charge in [0.25, 0.3) is 0 Å². The van der Waals surface area contributed by atoms with Gasteiger partial charge in [-0.05, 0) is 33.4 Å². The third-order valence-corrected chi connectivity index (χ3v) is 8.24. The Morgan fingerprint density at radius 2 is 1.32 bits per heavy atom. The van der Waals surface area contributed by atoms with E-state index in [2.05, 4.69) is 65.6 Å². The molecular weight excluding hydrogens is 458 g/mol. The highest BCUT2D eigenvalue weighted by Gasteiger charge is 2.61. The van der Waals surface area contributed by atoms with E-state index in [0.717, 1.165) is 33.4 Å². The van der Waals surface area contributed by atoms with Crippen LogP contribution in [0.2, 0.25) is 0 Å². The van der Waals surface area contributed by atoms with Gasteiger partial charge in [-0.25, -0.2) is 0 Å². The molecule has 186 valence electrons. The molecule has 2 atom stereocenters. The molecule has 0 amide bonds. The molecule has 2 aliphatic rings. The summed E-state index contributed by atoms with van der Waals surface area (Å²) in [6, 6.07) is 36.3. The topological polar surface area (TPSA) is 49.8 Å². The van der Waals surface area contributed by atoms with Crippen molar-refractivity contribution in [1.82, 2.24) is 4.90 Å². The normalized spacial score (nSPS) is 21.3. The SMILES string of the molecule is CC1(C)[C@@H](O)CN(C2(c3ccccc3)c3ccccc3-c3ccccc32)[C@@H]1C(=O)OCc1ccccc1. The van der Waals surface area contributed by atoms with E-state index in [0.29, 0.717) is 6.54 Å². The van der Waals surface area contributed by atoms with Crippen molar-refractivity contribution in [1.29, 1.82) is 0 Å². The first-order valence-electron chi connectivity index (χ1n) is 12.9. The highest BCUT2D eigenvalue weighted by molar-refractivity contribution is 5.85. The average molecular weight is 490 g/mol. The van der Waals surface area contributed by atoms with Crippen LogP contribution in [0.25, 0.3) is 11.1 Å². The second kappa shape index (κ2) is 8.98. The highest BCUT2D eigenvalue weighted by Crippen LogP contribution is 2.57. The predicted octanol–water partition coefficient (Wildman–Crippen LogP) is 5.77. The van der Waals surface area contributed by atoms with Crippen LogP contribution in [0, 0.1) is 5.41 Å². The number of esters is 1. The Morgan fingerprint density at radius 3 is 1.92 bits per heavy atom. The Balaban J connectivity index is 1.54. The number of aliphatic hydroxyl groups is 1. The van der Waals surface area contributed by atoms with Gasteiger partial charge in [-0.3, -0.25) is 9.69 Å². The van der Waals surface area contributed by atoms with E-state index in [-0.39, 0.29) is 12.6 Å². The molecule has 0 saturated carbocycles. The molecule has 1 fully saturated rings. The van der Waals surface area contributed by atoms with Crippen LogP contribution in [-0.2, 0) is 21.7 Å². The maximum Gasteiger partial charge on any atom is 0.324 e. The second-order valence-electron chi connectivity index (χ2n) is 10.7. The molecule has 1 aliphatic heterocycles. The number of ether oxygens (including phenoxy) is 1. The van der Waals surface area contributed by atoms with Gasteiger partial charge >= 0.3 is 5.97 Å². The van der Waals surface area contributed by atoms with Crippen molar-refractivity contribution in [2.75, 3.05) is 6.54 Å². The van der Waals surface area contributed by atoms with Gasteiger partial charge in [0.15, 0.2) is 0 Å². The molecular formula is C33H31NO3. The number of carbonyl (C=O) groups excluding carboxylic acids is 1. The van der Waals surface area contributed by atoms with Gasteiger partial charge in [0, 0.05) is 12.0 Å². The van der Waals surface area contributed by atoms with Crippen LogP contribution in [0.1, 0.15) is 36.1 Å². The molecule has 1 aliphatic carbocycles. The van der Waals surface area contributed by atoms with Crippen molar-refractivity contribution in [2.24, 2.45) is 5.41 Å². The van der Waals surface area contributed by atoms with Gasteiger partial charge < -0.3 is 9.84 Å². The van der Waals surface area contributed by atoms with Crippen molar-refractivity contribution >= 4 is 5.97 Å². The minimum atomic E-state index is -0.750. The molecule has 0 aromatic heterocycles. The lowest BCUT2D eigenvalue weighted by atomic mass is 9.76. The zero-order valence-electron chi connectivity index (χ0n) is 21.2. The van der Waals surface area contributed by atoms with Crippen molar-refractivity contribution in [2.45, 2.75) is 38.1 Å². The first kappa shape index (κ1) is 23.7. The number of benzene rings is 4. The quantitative estimate of drug-likeness (QED) is 0.362. The van der Waals surface area contributed by atoms with Crippen molar-refractivity contribution in [3.8, 4) is 11.1 Å². The van der Waals surface area contributed by atoms with Crippen LogP contribution in [0.4, 0.5) is 0 Å². The van der Waals surface area contributed by atoms with Crippen molar-refractivity contribution in [3.05, 3.63) is 131 Å². The van der Waals surface area contributed by atoms with Crippen LogP contribution in [0.5, 0.6) is 0 Å². The molecule has 4 nitrogen and oxygen atoms in total. The summed E-state index contributed by atoms with van der Waals surface area (Å²) < 4.78 is 5.95. The average Bonchev–Trinajstić information content (AvgIpc) is 3.36. The zero-order chi connectivity index (χ0) is 25.6. The van der Waals surface area contributed by atoms with Crippen LogP contribution < -0.4 is 0 Å². The molecule has 0 unspecified atom stereocenters. The van der Waals surface area contributed by atoms with Gasteiger partial charge in [-0.1, -0.05) is 123 Å². The van der Waals surface area contributed by atoms with Crippen LogP contribution in [-0.4, -0.2) is 34.7 Å². The predicted molar refractivity (Wildman–Crippen MR) is 145 cm³/mol. The summed E-state index contributed by atoms with van der Waals surface area (Å²) in [5.41, 5.74) is 5.07. The summed E-state index contributed by atoms with van der Waals surface area (Å²) in [4.78, 5) is 16.2. The molecule has 0 radical (unpaired) electrons. The Kier molecular flexibility index (Phi) is 5.74. The van der Waals surface area contributed by atoms with Gasteiger partial charge in [0.2, 0.25) is 0 Å². The fraction of sp³-hybridized carbons (Fsp3) is 0.242. The lowest BCUT2D eigenvalue weighted by Gasteiger charge is -2.45. The molecule has 4 aromatic carbocycles. The fourth-order valence-electron chi connectivity index (χ4n) is 6.36. The summed E-state index contributed by atoms with van der Waals surface area (Å²) in [7, 11) is 0. The first-order valence-corrected chi connectivity index (χ1v) is 12.9. The van der Waals surface area contributed by atoms with Gasteiger partial charge in [0.1, 0.15) is 12.6 Å². The summed E-state index contributed by atoms with van der Waals surface area (Å²) in [5, 5.41) is 11.4. The summed E-state index contributed by atoms with van der Waals surface area (Å²) in [6.45, 7) is 4.48. The smallest absolute Gasteiger partial charge is 0.324 e. The van der Waals surface area contributed by atoms with Crippen LogP contribution in [0.15, 0.2) is 109 Å². The maximum atomic E-state index is 14.0. The number of fused-ring (bicyclic) bond motifs is 3. The van der Waals surface area contributed by atoms with E-state index in [1.807, 2.05) is 62.4 Å². The van der Waals surface area contributed by atoms with E-state index < -0.39 is 23.1 Å². The van der Waals surface area contributed by atoms with E-state index in [4.69, 9.17) is 4.74 Å². The molecule has 37 heavy (non-hydrogen) atoms. The summed E-state index contributed by atoms with van der Waals surface area (Å²) in [6.07, 6.45) is -0.706. The number of carbonyl (C=O) groups is 1. The number of β-amino-alcohol motifs (C(OH)–C–C–N with tert-alkyl or cyclic N) is 1. The lowest BCUT2D eigenvalue weighted by Crippen LogP contribution is -2.55. The second-order valence-corrected chi connectivity index (χ2v) is 10.7. The molecule has 1 heterocycles. The molecule has 1 N–H and O–H groups in total. The number of likely N-dealkylation sites (tertiary alicyclic amines) is 1. The maximum absolute atomic E-state index is 14.0. The highest BCUT2D eigenvalue weighted by atomic mass is 16.5. The van der Waals surface area contributed by atoms with Crippen LogP contribution >= 0.6 is 0 Å². The standard InChI is InChI=1S/C33H31NO3/c1-32(2)29(35)21-34(30(32)31(36)37-22-23-13-5-3-6-14-23)33(24-15-7-4-8-16-24)27-19-11-9-17-25(27)26-18-10-12-20-28(26)33/h3-20,29-30,35H,21-22H2,1-2H3/t29-,30+/m0/s1. The van der Waals surface area contributed by atoms with E-state index >= 15 is 0 Å². The van der Waals surface area contributed by atoms with E-state index in [9.17, 15) is 9.90 Å². The Labute approximate surface area is 218 Å². The number of rotatable bonds is 5. The zero-order valence-corrected chi connectivity index (χ0v) is 21.2. The summed E-state index contributed by atoms with van der Waals surface area (Å²) in [5.74, 6) is -0.317. The number of hydrogen-bond donors (Lipinski definition) is 1. The van der Waals surface area contributed by atoms with E-state index in [1.54, 1.807) is 0 Å². The molecule has 0 spiro atoms. The van der Waals surface area contributed by atoms with Crippen molar-refractivity contribution < 1.29 is 14.6 Å². The minimum absolute atomic E-state index is 0.196. The van der Waals surface area contributed by atoms with Gasteiger partial charge in [-0.2, -0.15) is 0 Å². The number of nitrogens with zero attached hydrogens (tertiary/aromatic N) is 1. The molecule has 0 bridgehead atoms. The molecule has 6 rings (SSSR count). The molecule has 4 heteroatoms. The lowest BCUT2D eigenvalue weighted by molar-refractivity contribution is -0.155. The Bertz CT molecular complexity index is 1380. The number of hydrogen-bond acceptors (Lipinski definition) is 4. The molecule has 1 saturated heterocycles. The Hall–Kier alpha value is -3.73. The number of aliphatic hydroxyl groups excluding tert-OH is 1. The van der Waals surface area contributed by atoms with Crippen LogP contribution in [0.3, 0.4) is 0 Å². The molecule has 4 aromatic rings. The van der Waals surface area contributed by atoms with Crippen molar-refractivity contribution in [3.63, 3.8) is 0 Å². The van der Waals surface area contributed by atoms with E-state index in [1.165, 1.54) is 0 Å². The minimum Gasteiger partial charge on any atom is -0.460 e. The monoisotopic (exact) mass is 489 g/mol. The van der Waals surface area contributed by atoms with Gasteiger partial charge in [0.05, 0.1) is 11.6 Å². The third-order valence-electron chi connectivity index (χ3n) is 8.24. The third kappa shape index (κ3) is 3.55. The first-order chi connectivity index (χ1) is 18.0.